The van der Waals surface area contributed by atoms with Gasteiger partial charge in [-0.1, -0.05) is 54.6 Å². The van der Waals surface area contributed by atoms with E-state index in [0.29, 0.717) is 22.2 Å². The molecule has 0 radical (unpaired) electrons. The summed E-state index contributed by atoms with van der Waals surface area (Å²) in [4.78, 5) is 30.9. The Hall–Kier alpha value is -4.29. The summed E-state index contributed by atoms with van der Waals surface area (Å²) in [6.45, 7) is 2.06. The van der Waals surface area contributed by atoms with Gasteiger partial charge in [-0.15, -0.1) is 11.3 Å². The number of para-hydroxylation sites is 1. The second-order valence-electron chi connectivity index (χ2n) is 7.71. The van der Waals surface area contributed by atoms with Crippen molar-refractivity contribution in [2.75, 3.05) is 5.32 Å². The lowest BCUT2D eigenvalue weighted by molar-refractivity contribution is -0.111. The SMILES string of the molecule is Cc1sc(-c2ccccc2)nc1-c1ccc(NC(=O)/C=C/c2coc3ccccc3c2=O)cc1. The van der Waals surface area contributed by atoms with E-state index in [1.54, 1.807) is 35.6 Å². The summed E-state index contributed by atoms with van der Waals surface area (Å²) < 4.78 is 5.48. The van der Waals surface area contributed by atoms with Crippen LogP contribution in [0.5, 0.6) is 0 Å². The minimum atomic E-state index is -0.337. The Bertz CT molecular complexity index is 1570. The highest BCUT2D eigenvalue weighted by Gasteiger charge is 2.11. The molecule has 166 valence electrons. The van der Waals surface area contributed by atoms with Gasteiger partial charge in [0, 0.05) is 27.8 Å². The van der Waals surface area contributed by atoms with Crippen LogP contribution in [-0.2, 0) is 4.79 Å². The molecule has 1 amide bonds. The molecule has 5 aromatic rings. The van der Waals surface area contributed by atoms with Crippen molar-refractivity contribution >= 4 is 40.0 Å². The van der Waals surface area contributed by atoms with Crippen LogP contribution < -0.4 is 10.7 Å². The van der Waals surface area contributed by atoms with Crippen molar-refractivity contribution in [2.45, 2.75) is 6.92 Å². The van der Waals surface area contributed by atoms with Gasteiger partial charge in [0.2, 0.25) is 5.91 Å². The summed E-state index contributed by atoms with van der Waals surface area (Å²) in [5.74, 6) is -0.337. The lowest BCUT2D eigenvalue weighted by Crippen LogP contribution is -2.09. The van der Waals surface area contributed by atoms with Crippen LogP contribution in [0.3, 0.4) is 0 Å². The summed E-state index contributed by atoms with van der Waals surface area (Å²) in [5, 5.41) is 4.28. The first kappa shape index (κ1) is 21.6. The molecule has 0 unspecified atom stereocenters. The average Bonchev–Trinajstić information content (AvgIpc) is 3.26. The Morgan fingerprint density at radius 2 is 1.68 bits per heavy atom. The van der Waals surface area contributed by atoms with Crippen LogP contribution in [0.25, 0.3) is 38.9 Å². The van der Waals surface area contributed by atoms with E-state index in [1.165, 1.54) is 18.4 Å². The molecular formula is C28H20N2O3S. The molecular weight excluding hydrogens is 444 g/mol. The highest BCUT2D eigenvalue weighted by molar-refractivity contribution is 7.15. The number of aromatic nitrogens is 1. The summed E-state index contributed by atoms with van der Waals surface area (Å²) in [6.07, 6.45) is 4.15. The van der Waals surface area contributed by atoms with Gasteiger partial charge in [0.15, 0.2) is 5.43 Å². The Morgan fingerprint density at radius 3 is 2.47 bits per heavy atom. The number of nitrogens with one attached hydrogen (secondary N) is 1. The Balaban J connectivity index is 1.29. The van der Waals surface area contributed by atoms with E-state index in [-0.39, 0.29) is 11.3 Å². The van der Waals surface area contributed by atoms with Crippen LogP contribution in [0.15, 0.2) is 100 Å². The van der Waals surface area contributed by atoms with Gasteiger partial charge in [-0.3, -0.25) is 9.59 Å². The Kier molecular flexibility index (Phi) is 5.89. The number of aryl methyl sites for hydroxylation is 1. The van der Waals surface area contributed by atoms with E-state index in [2.05, 4.69) is 24.4 Å². The zero-order valence-electron chi connectivity index (χ0n) is 18.3. The van der Waals surface area contributed by atoms with E-state index in [4.69, 9.17) is 9.40 Å². The number of amides is 1. The van der Waals surface area contributed by atoms with E-state index >= 15 is 0 Å². The van der Waals surface area contributed by atoms with Gasteiger partial charge in [0.05, 0.1) is 16.6 Å². The second-order valence-corrected chi connectivity index (χ2v) is 8.91. The number of carbonyl (C=O) groups excluding carboxylic acids is 1. The number of anilines is 1. The van der Waals surface area contributed by atoms with Crippen LogP contribution in [0.2, 0.25) is 0 Å². The van der Waals surface area contributed by atoms with E-state index in [0.717, 1.165) is 26.7 Å². The molecule has 0 saturated heterocycles. The molecule has 0 saturated carbocycles. The first-order chi connectivity index (χ1) is 16.6. The van der Waals surface area contributed by atoms with Gasteiger partial charge < -0.3 is 9.73 Å². The van der Waals surface area contributed by atoms with Gasteiger partial charge in [-0.25, -0.2) is 4.98 Å². The monoisotopic (exact) mass is 464 g/mol. The first-order valence-corrected chi connectivity index (χ1v) is 11.5. The molecule has 34 heavy (non-hydrogen) atoms. The maximum absolute atomic E-state index is 12.5. The topological polar surface area (TPSA) is 72.2 Å². The average molecular weight is 465 g/mol. The van der Waals surface area contributed by atoms with Crippen molar-refractivity contribution in [3.63, 3.8) is 0 Å². The highest BCUT2D eigenvalue weighted by Crippen LogP contribution is 2.33. The first-order valence-electron chi connectivity index (χ1n) is 10.7. The third-order valence-corrected chi connectivity index (χ3v) is 6.38. The van der Waals surface area contributed by atoms with Gasteiger partial charge in [-0.2, -0.15) is 0 Å². The molecule has 1 N–H and O–H groups in total. The number of carbonyl (C=O) groups is 1. The van der Waals surface area contributed by atoms with Crippen LogP contribution in [-0.4, -0.2) is 10.9 Å². The third-order valence-electron chi connectivity index (χ3n) is 5.36. The molecule has 0 fully saturated rings. The molecule has 2 heterocycles. The van der Waals surface area contributed by atoms with Crippen molar-refractivity contribution in [1.82, 2.24) is 4.98 Å². The highest BCUT2D eigenvalue weighted by atomic mass is 32.1. The Labute approximate surface area is 200 Å². The predicted octanol–water partition coefficient (Wildman–Crippen LogP) is 6.54. The number of hydrogen-bond donors (Lipinski definition) is 1. The number of thiazole rings is 1. The molecule has 2 aromatic heterocycles. The number of fused-ring (bicyclic) bond motifs is 1. The fourth-order valence-electron chi connectivity index (χ4n) is 3.64. The normalized spacial score (nSPS) is 11.2. The fraction of sp³-hybridized carbons (Fsp3) is 0.0357. The lowest BCUT2D eigenvalue weighted by Gasteiger charge is -2.04. The minimum Gasteiger partial charge on any atom is -0.463 e. The summed E-state index contributed by atoms with van der Waals surface area (Å²) in [7, 11) is 0. The van der Waals surface area contributed by atoms with Crippen molar-refractivity contribution in [3.05, 3.63) is 112 Å². The summed E-state index contributed by atoms with van der Waals surface area (Å²) >= 11 is 1.66. The smallest absolute Gasteiger partial charge is 0.248 e. The van der Waals surface area contributed by atoms with Crippen molar-refractivity contribution in [3.8, 4) is 21.8 Å². The van der Waals surface area contributed by atoms with E-state index < -0.39 is 0 Å². The van der Waals surface area contributed by atoms with E-state index in [9.17, 15) is 9.59 Å². The molecule has 0 aliphatic heterocycles. The minimum absolute atomic E-state index is 0.177. The van der Waals surface area contributed by atoms with Gasteiger partial charge >= 0.3 is 0 Å². The number of benzene rings is 3. The molecule has 0 bridgehead atoms. The lowest BCUT2D eigenvalue weighted by atomic mass is 10.1. The van der Waals surface area contributed by atoms with Crippen LogP contribution in [0.4, 0.5) is 5.69 Å². The maximum Gasteiger partial charge on any atom is 0.248 e. The van der Waals surface area contributed by atoms with E-state index in [1.807, 2.05) is 42.5 Å². The van der Waals surface area contributed by atoms with Gasteiger partial charge in [0.25, 0.3) is 0 Å². The third kappa shape index (κ3) is 4.44. The molecule has 0 aliphatic rings. The summed E-state index contributed by atoms with van der Waals surface area (Å²) in [5.41, 5.74) is 4.32. The van der Waals surface area contributed by atoms with Gasteiger partial charge in [0.1, 0.15) is 16.9 Å². The largest absolute Gasteiger partial charge is 0.463 e. The molecule has 0 spiro atoms. The van der Waals surface area contributed by atoms with Crippen LogP contribution in [0.1, 0.15) is 10.4 Å². The zero-order chi connectivity index (χ0) is 23.5. The molecule has 0 atom stereocenters. The molecule has 5 nitrogen and oxygen atoms in total. The van der Waals surface area contributed by atoms with Crippen LogP contribution >= 0.6 is 11.3 Å². The fourth-order valence-corrected chi connectivity index (χ4v) is 4.58. The second kappa shape index (κ2) is 9.29. The Morgan fingerprint density at radius 1 is 0.941 bits per heavy atom. The number of hydrogen-bond acceptors (Lipinski definition) is 5. The van der Waals surface area contributed by atoms with Crippen molar-refractivity contribution in [1.29, 1.82) is 0 Å². The quantitative estimate of drug-likeness (QED) is 0.300. The maximum atomic E-state index is 12.5. The van der Waals surface area contributed by atoms with Crippen molar-refractivity contribution in [2.24, 2.45) is 0 Å². The molecule has 0 aliphatic carbocycles. The number of nitrogens with zero attached hydrogens (tertiary/aromatic N) is 1. The number of rotatable bonds is 5. The predicted molar refractivity (Wildman–Crippen MR) is 138 cm³/mol. The molecule has 3 aromatic carbocycles. The van der Waals surface area contributed by atoms with Crippen LogP contribution in [0, 0.1) is 6.92 Å². The summed E-state index contributed by atoms with van der Waals surface area (Å²) in [6, 6.07) is 24.7. The molecule has 6 heteroatoms. The van der Waals surface area contributed by atoms with Crippen molar-refractivity contribution < 1.29 is 9.21 Å². The van der Waals surface area contributed by atoms with Gasteiger partial charge in [-0.05, 0) is 37.3 Å². The molecule has 5 rings (SSSR count). The standard InChI is InChI=1S/C28H20N2O3S/c1-18-26(30-28(34-18)20-7-3-2-4-8-20)19-11-14-22(15-12-19)29-25(31)16-13-21-17-33-24-10-6-5-9-23(24)27(21)32/h2-17H,1H3,(H,29,31)/b16-13+. The zero-order valence-corrected chi connectivity index (χ0v) is 19.1.